The second-order valence-corrected chi connectivity index (χ2v) is 6.10. The normalized spacial score (nSPS) is 20.0. The van der Waals surface area contributed by atoms with Crippen LogP contribution >= 0.6 is 0 Å². The number of amides is 1. The smallest absolute Gasteiger partial charge is 0.242 e. The molecule has 0 saturated carbocycles. The molecule has 2 atom stereocenters. The van der Waals surface area contributed by atoms with E-state index in [-0.39, 0.29) is 24.6 Å². The van der Waals surface area contributed by atoms with Gasteiger partial charge in [-0.25, -0.2) is 0 Å². The second-order valence-electron chi connectivity index (χ2n) is 6.10. The molecule has 3 heterocycles. The van der Waals surface area contributed by atoms with Gasteiger partial charge >= 0.3 is 0 Å². The van der Waals surface area contributed by atoms with Gasteiger partial charge in [0, 0.05) is 18.6 Å². The SMILES string of the molecule is Cn1cc(O[C@@H]2COC[C@@H]2NC(=O)Cn2cc3ccccc3n2)cn1. The van der Waals surface area contributed by atoms with E-state index >= 15 is 0 Å². The summed E-state index contributed by atoms with van der Waals surface area (Å²) >= 11 is 0. The van der Waals surface area contributed by atoms with E-state index in [1.54, 1.807) is 21.8 Å². The van der Waals surface area contributed by atoms with E-state index in [2.05, 4.69) is 15.5 Å². The molecular weight excluding hydrogens is 322 g/mol. The van der Waals surface area contributed by atoms with Crippen molar-refractivity contribution in [3.63, 3.8) is 0 Å². The predicted molar refractivity (Wildman–Crippen MR) is 90.1 cm³/mol. The first kappa shape index (κ1) is 15.6. The first-order valence-electron chi connectivity index (χ1n) is 8.12. The number of carbonyl (C=O) groups excluding carboxylic acids is 1. The van der Waals surface area contributed by atoms with Crippen molar-refractivity contribution >= 4 is 16.8 Å². The molecule has 1 aromatic carbocycles. The van der Waals surface area contributed by atoms with E-state index in [0.717, 1.165) is 10.9 Å². The fourth-order valence-corrected chi connectivity index (χ4v) is 2.92. The van der Waals surface area contributed by atoms with Crippen molar-refractivity contribution in [3.05, 3.63) is 42.9 Å². The highest BCUT2D eigenvalue weighted by molar-refractivity contribution is 5.80. The molecule has 0 unspecified atom stereocenters. The van der Waals surface area contributed by atoms with Crippen LogP contribution in [0.2, 0.25) is 0 Å². The van der Waals surface area contributed by atoms with Crippen LogP contribution in [0.4, 0.5) is 0 Å². The summed E-state index contributed by atoms with van der Waals surface area (Å²) in [6, 6.07) is 7.57. The topological polar surface area (TPSA) is 83.2 Å². The zero-order valence-corrected chi connectivity index (χ0v) is 13.8. The average molecular weight is 341 g/mol. The van der Waals surface area contributed by atoms with Crippen LogP contribution < -0.4 is 10.1 Å². The highest BCUT2D eigenvalue weighted by Gasteiger charge is 2.31. The van der Waals surface area contributed by atoms with Crippen LogP contribution in [0.3, 0.4) is 0 Å². The number of carbonyl (C=O) groups is 1. The number of nitrogens with one attached hydrogen (secondary N) is 1. The van der Waals surface area contributed by atoms with Gasteiger partial charge in [-0.3, -0.25) is 14.2 Å². The van der Waals surface area contributed by atoms with E-state index in [0.29, 0.717) is 19.0 Å². The van der Waals surface area contributed by atoms with E-state index in [1.165, 1.54) is 0 Å². The molecule has 8 nitrogen and oxygen atoms in total. The van der Waals surface area contributed by atoms with Crippen LogP contribution in [0.15, 0.2) is 42.9 Å². The molecule has 0 spiro atoms. The van der Waals surface area contributed by atoms with Crippen molar-refractivity contribution in [1.82, 2.24) is 24.9 Å². The van der Waals surface area contributed by atoms with Gasteiger partial charge in [-0.2, -0.15) is 10.2 Å². The highest BCUT2D eigenvalue weighted by atomic mass is 16.5. The molecule has 1 aliphatic heterocycles. The molecule has 8 heteroatoms. The molecule has 0 aliphatic carbocycles. The zero-order valence-electron chi connectivity index (χ0n) is 13.8. The van der Waals surface area contributed by atoms with Crippen LogP contribution in [-0.2, 0) is 23.1 Å². The number of aryl methyl sites for hydroxylation is 1. The Bertz CT molecular complexity index is 854. The number of hydrogen-bond acceptors (Lipinski definition) is 5. The van der Waals surface area contributed by atoms with Gasteiger partial charge in [-0.15, -0.1) is 0 Å². The molecule has 130 valence electrons. The fraction of sp³-hybridized carbons (Fsp3) is 0.353. The summed E-state index contributed by atoms with van der Waals surface area (Å²) in [4.78, 5) is 12.3. The molecule has 0 bridgehead atoms. The Morgan fingerprint density at radius 2 is 2.24 bits per heavy atom. The lowest BCUT2D eigenvalue weighted by molar-refractivity contribution is -0.123. The molecule has 4 rings (SSSR count). The Morgan fingerprint density at radius 1 is 1.36 bits per heavy atom. The molecule has 25 heavy (non-hydrogen) atoms. The molecule has 1 fully saturated rings. The van der Waals surface area contributed by atoms with Crippen LogP contribution in [0.1, 0.15) is 0 Å². The summed E-state index contributed by atoms with van der Waals surface area (Å²) in [6.45, 7) is 1.02. The second kappa shape index (κ2) is 6.56. The van der Waals surface area contributed by atoms with Crippen LogP contribution in [-0.4, -0.2) is 50.8 Å². The van der Waals surface area contributed by atoms with Crippen LogP contribution in [0.25, 0.3) is 10.9 Å². The Balaban J connectivity index is 1.37. The van der Waals surface area contributed by atoms with Crippen molar-refractivity contribution in [2.45, 2.75) is 18.7 Å². The monoisotopic (exact) mass is 341 g/mol. The maximum Gasteiger partial charge on any atom is 0.242 e. The van der Waals surface area contributed by atoms with Crippen molar-refractivity contribution in [2.24, 2.45) is 7.05 Å². The quantitative estimate of drug-likeness (QED) is 0.740. The lowest BCUT2D eigenvalue weighted by Gasteiger charge is -2.19. The molecule has 2 aromatic heterocycles. The van der Waals surface area contributed by atoms with Gasteiger partial charge in [0.2, 0.25) is 5.91 Å². The summed E-state index contributed by atoms with van der Waals surface area (Å²) in [7, 11) is 1.82. The Kier molecular flexibility index (Phi) is 4.10. The fourth-order valence-electron chi connectivity index (χ4n) is 2.92. The largest absolute Gasteiger partial charge is 0.482 e. The summed E-state index contributed by atoms with van der Waals surface area (Å²) in [5, 5.41) is 12.5. The molecule has 3 aromatic rings. The summed E-state index contributed by atoms with van der Waals surface area (Å²) in [5.74, 6) is 0.540. The predicted octanol–water partition coefficient (Wildman–Crippen LogP) is 0.732. The van der Waals surface area contributed by atoms with Crippen molar-refractivity contribution in [1.29, 1.82) is 0 Å². The minimum Gasteiger partial charge on any atom is -0.482 e. The van der Waals surface area contributed by atoms with E-state index in [4.69, 9.17) is 9.47 Å². The van der Waals surface area contributed by atoms with Gasteiger partial charge in [-0.1, -0.05) is 18.2 Å². The third kappa shape index (κ3) is 3.48. The summed E-state index contributed by atoms with van der Waals surface area (Å²) in [5.41, 5.74) is 0.872. The average Bonchev–Trinajstić information content (AvgIpc) is 3.28. The maximum atomic E-state index is 12.3. The lowest BCUT2D eigenvalue weighted by Crippen LogP contribution is -2.46. The number of ether oxygens (including phenoxy) is 2. The molecule has 0 radical (unpaired) electrons. The number of benzene rings is 1. The number of nitrogens with zero attached hydrogens (tertiary/aromatic N) is 4. The molecule has 1 N–H and O–H groups in total. The molecule has 1 saturated heterocycles. The maximum absolute atomic E-state index is 12.3. The van der Waals surface area contributed by atoms with Crippen molar-refractivity contribution in [3.8, 4) is 5.75 Å². The van der Waals surface area contributed by atoms with Gasteiger partial charge in [-0.05, 0) is 6.07 Å². The van der Waals surface area contributed by atoms with Crippen LogP contribution in [0, 0.1) is 0 Å². The van der Waals surface area contributed by atoms with Crippen molar-refractivity contribution < 1.29 is 14.3 Å². The number of aromatic nitrogens is 4. The Labute approximate surface area is 144 Å². The molecular formula is C17H19N5O3. The minimum atomic E-state index is -0.232. The first-order chi connectivity index (χ1) is 12.2. The molecule has 1 amide bonds. The van der Waals surface area contributed by atoms with E-state index < -0.39 is 0 Å². The zero-order chi connectivity index (χ0) is 17.2. The van der Waals surface area contributed by atoms with Crippen molar-refractivity contribution in [2.75, 3.05) is 13.2 Å². The summed E-state index contributed by atoms with van der Waals surface area (Å²) < 4.78 is 14.6. The summed E-state index contributed by atoms with van der Waals surface area (Å²) in [6.07, 6.45) is 5.06. The Morgan fingerprint density at radius 3 is 3.04 bits per heavy atom. The highest BCUT2D eigenvalue weighted by Crippen LogP contribution is 2.16. The number of rotatable bonds is 5. The minimum absolute atomic E-state index is 0.122. The van der Waals surface area contributed by atoms with Gasteiger partial charge in [0.05, 0.1) is 37.2 Å². The van der Waals surface area contributed by atoms with Gasteiger partial charge in [0.15, 0.2) is 5.75 Å². The van der Waals surface area contributed by atoms with Gasteiger partial charge in [0.25, 0.3) is 0 Å². The lowest BCUT2D eigenvalue weighted by atomic mass is 10.2. The first-order valence-corrected chi connectivity index (χ1v) is 8.12. The number of fused-ring (bicyclic) bond motifs is 1. The molecule has 1 aliphatic rings. The van der Waals surface area contributed by atoms with Gasteiger partial charge < -0.3 is 14.8 Å². The van der Waals surface area contributed by atoms with E-state index in [9.17, 15) is 4.79 Å². The van der Waals surface area contributed by atoms with Gasteiger partial charge in [0.1, 0.15) is 12.6 Å². The third-order valence-corrected chi connectivity index (χ3v) is 4.11. The van der Waals surface area contributed by atoms with E-state index in [1.807, 2.05) is 37.5 Å². The Hall–Kier alpha value is -2.87. The van der Waals surface area contributed by atoms with Crippen LogP contribution in [0.5, 0.6) is 5.75 Å². The number of hydrogen-bond donors (Lipinski definition) is 1. The standard InChI is InChI=1S/C17H19N5O3/c1-21-8-13(6-18-21)25-16-11-24-10-15(16)19-17(23)9-22-7-12-4-2-3-5-14(12)20-22/h2-8,15-16H,9-11H2,1H3,(H,19,23)/t15-,16+/m0/s1. The third-order valence-electron chi connectivity index (χ3n) is 4.11.